The lowest BCUT2D eigenvalue weighted by molar-refractivity contribution is -0.130. The van der Waals surface area contributed by atoms with Crippen molar-refractivity contribution in [1.82, 2.24) is 0 Å². The molecule has 0 aliphatic heterocycles. The zero-order valence-corrected chi connectivity index (χ0v) is 11.8. The maximum Gasteiger partial charge on any atom is 0.336 e. The van der Waals surface area contributed by atoms with Gasteiger partial charge in [0.1, 0.15) is 11.6 Å². The Hall–Kier alpha value is -2.62. The Morgan fingerprint density at radius 2 is 2.00 bits per heavy atom. The van der Waals surface area contributed by atoms with Gasteiger partial charge in [0, 0.05) is 0 Å². The van der Waals surface area contributed by atoms with Crippen LogP contribution in [-0.4, -0.2) is 18.2 Å². The fourth-order valence-corrected chi connectivity index (χ4v) is 2.08. The maximum atomic E-state index is 13.2. The van der Waals surface area contributed by atoms with Gasteiger partial charge >= 0.3 is 5.97 Å². The molecule has 4 heteroatoms. The minimum atomic E-state index is -1.07. The van der Waals surface area contributed by atoms with Crippen LogP contribution in [0.1, 0.15) is 16.7 Å². The molecule has 0 saturated carbocycles. The van der Waals surface area contributed by atoms with Crippen LogP contribution in [0.5, 0.6) is 5.75 Å². The minimum Gasteiger partial charge on any atom is -0.496 e. The number of rotatable bonds is 4. The second-order valence-electron chi connectivity index (χ2n) is 4.60. The Balaban J connectivity index is 2.49. The van der Waals surface area contributed by atoms with E-state index in [1.165, 1.54) is 18.2 Å². The van der Waals surface area contributed by atoms with E-state index in [0.717, 1.165) is 5.56 Å². The molecule has 0 spiro atoms. The molecular formula is C17H15FO3. The van der Waals surface area contributed by atoms with Crippen molar-refractivity contribution in [3.63, 3.8) is 0 Å². The third kappa shape index (κ3) is 3.48. The van der Waals surface area contributed by atoms with Gasteiger partial charge in [0.15, 0.2) is 0 Å². The SMILES string of the molecule is COc1ccc(/C(=C/c2cccc(F)c2)C(=O)O)cc1C. The predicted molar refractivity (Wildman–Crippen MR) is 79.6 cm³/mol. The predicted octanol–water partition coefficient (Wildman–Crippen LogP) is 3.77. The zero-order chi connectivity index (χ0) is 15.4. The monoisotopic (exact) mass is 286 g/mol. The highest BCUT2D eigenvalue weighted by Gasteiger charge is 2.12. The van der Waals surface area contributed by atoms with Crippen LogP contribution in [-0.2, 0) is 4.79 Å². The number of hydrogen-bond acceptors (Lipinski definition) is 2. The van der Waals surface area contributed by atoms with Gasteiger partial charge in [-0.1, -0.05) is 18.2 Å². The highest BCUT2D eigenvalue weighted by atomic mass is 19.1. The van der Waals surface area contributed by atoms with Crippen molar-refractivity contribution in [2.24, 2.45) is 0 Å². The summed E-state index contributed by atoms with van der Waals surface area (Å²) in [4.78, 5) is 11.5. The smallest absolute Gasteiger partial charge is 0.336 e. The molecule has 3 nitrogen and oxygen atoms in total. The molecule has 0 aliphatic rings. The number of methoxy groups -OCH3 is 1. The number of carboxylic acid groups (broad SMARTS) is 1. The molecule has 0 fully saturated rings. The lowest BCUT2D eigenvalue weighted by Gasteiger charge is -2.08. The van der Waals surface area contributed by atoms with Gasteiger partial charge in [-0.2, -0.15) is 0 Å². The fourth-order valence-electron chi connectivity index (χ4n) is 2.08. The number of benzene rings is 2. The summed E-state index contributed by atoms with van der Waals surface area (Å²) in [6.45, 7) is 1.84. The van der Waals surface area contributed by atoms with Crippen molar-refractivity contribution in [3.8, 4) is 5.75 Å². The first kappa shape index (κ1) is 14.8. The number of aliphatic carboxylic acids is 1. The van der Waals surface area contributed by atoms with Crippen LogP contribution < -0.4 is 4.74 Å². The molecule has 0 aromatic heterocycles. The molecule has 0 aliphatic carbocycles. The molecule has 21 heavy (non-hydrogen) atoms. The normalized spacial score (nSPS) is 11.3. The van der Waals surface area contributed by atoms with Crippen LogP contribution in [0.25, 0.3) is 11.6 Å². The Morgan fingerprint density at radius 3 is 2.57 bits per heavy atom. The van der Waals surface area contributed by atoms with E-state index < -0.39 is 11.8 Å². The van der Waals surface area contributed by atoms with Crippen molar-refractivity contribution in [2.75, 3.05) is 7.11 Å². The Labute approximate surface area is 122 Å². The lowest BCUT2D eigenvalue weighted by Crippen LogP contribution is -2.00. The van der Waals surface area contributed by atoms with E-state index in [9.17, 15) is 14.3 Å². The first-order chi connectivity index (χ1) is 10.0. The van der Waals surface area contributed by atoms with Gasteiger partial charge in [0.2, 0.25) is 0 Å². The van der Waals surface area contributed by atoms with Gasteiger partial charge in [-0.15, -0.1) is 0 Å². The molecule has 108 valence electrons. The van der Waals surface area contributed by atoms with E-state index >= 15 is 0 Å². The summed E-state index contributed by atoms with van der Waals surface area (Å²) < 4.78 is 18.3. The van der Waals surface area contributed by atoms with Gasteiger partial charge in [0.05, 0.1) is 12.7 Å². The number of aryl methyl sites for hydroxylation is 1. The number of ether oxygens (including phenoxy) is 1. The van der Waals surface area contributed by atoms with Gasteiger partial charge < -0.3 is 9.84 Å². The third-order valence-corrected chi connectivity index (χ3v) is 3.10. The molecule has 0 atom stereocenters. The second-order valence-corrected chi connectivity index (χ2v) is 4.60. The highest BCUT2D eigenvalue weighted by molar-refractivity contribution is 6.20. The highest BCUT2D eigenvalue weighted by Crippen LogP contribution is 2.25. The standard InChI is InChI=1S/C17H15FO3/c1-11-8-13(6-7-16(11)21-2)15(17(19)20)10-12-4-3-5-14(18)9-12/h3-10H,1-2H3,(H,19,20)/b15-10-. The van der Waals surface area contributed by atoms with E-state index in [4.69, 9.17) is 4.74 Å². The summed E-state index contributed by atoms with van der Waals surface area (Å²) in [6.07, 6.45) is 1.45. The van der Waals surface area contributed by atoms with Crippen LogP contribution in [0.15, 0.2) is 42.5 Å². The van der Waals surface area contributed by atoms with Crippen molar-refractivity contribution in [3.05, 3.63) is 65.0 Å². The third-order valence-electron chi connectivity index (χ3n) is 3.10. The van der Waals surface area contributed by atoms with Crippen LogP contribution in [0, 0.1) is 12.7 Å². The molecule has 1 N–H and O–H groups in total. The van der Waals surface area contributed by atoms with Gasteiger partial charge in [-0.05, 0) is 54.0 Å². The van der Waals surface area contributed by atoms with E-state index in [1.54, 1.807) is 37.4 Å². The van der Waals surface area contributed by atoms with Gasteiger partial charge in [-0.25, -0.2) is 9.18 Å². The summed E-state index contributed by atoms with van der Waals surface area (Å²) in [5, 5.41) is 9.38. The topological polar surface area (TPSA) is 46.5 Å². The minimum absolute atomic E-state index is 0.103. The van der Waals surface area contributed by atoms with E-state index in [0.29, 0.717) is 16.9 Å². The summed E-state index contributed by atoms with van der Waals surface area (Å²) in [5.74, 6) is -0.780. The van der Waals surface area contributed by atoms with Crippen molar-refractivity contribution in [2.45, 2.75) is 6.92 Å². The fraction of sp³-hybridized carbons (Fsp3) is 0.118. The molecule has 2 aromatic rings. The van der Waals surface area contributed by atoms with E-state index in [2.05, 4.69) is 0 Å². The summed E-state index contributed by atoms with van der Waals surface area (Å²) in [7, 11) is 1.56. The van der Waals surface area contributed by atoms with Crippen molar-refractivity contribution < 1.29 is 19.0 Å². The number of carboxylic acids is 1. The molecule has 0 unspecified atom stereocenters. The van der Waals surface area contributed by atoms with Crippen LogP contribution >= 0.6 is 0 Å². The Morgan fingerprint density at radius 1 is 1.24 bits per heavy atom. The molecule has 0 amide bonds. The van der Waals surface area contributed by atoms with E-state index in [1.807, 2.05) is 6.92 Å². The van der Waals surface area contributed by atoms with Gasteiger partial charge in [-0.3, -0.25) is 0 Å². The Kier molecular flexibility index (Phi) is 4.38. The second kappa shape index (κ2) is 6.22. The summed E-state index contributed by atoms with van der Waals surface area (Å²) in [5.41, 5.74) is 1.98. The van der Waals surface area contributed by atoms with Crippen molar-refractivity contribution >= 4 is 17.6 Å². The molecule has 0 saturated heterocycles. The lowest BCUT2D eigenvalue weighted by atomic mass is 10.0. The quantitative estimate of drug-likeness (QED) is 0.687. The number of hydrogen-bond donors (Lipinski definition) is 1. The van der Waals surface area contributed by atoms with Gasteiger partial charge in [0.25, 0.3) is 0 Å². The zero-order valence-electron chi connectivity index (χ0n) is 11.8. The first-order valence-corrected chi connectivity index (χ1v) is 6.37. The van der Waals surface area contributed by atoms with Crippen LogP contribution in [0.3, 0.4) is 0 Å². The molecule has 0 bridgehead atoms. The molecule has 2 aromatic carbocycles. The Bertz CT molecular complexity index is 705. The average molecular weight is 286 g/mol. The average Bonchev–Trinajstić information content (AvgIpc) is 2.44. The van der Waals surface area contributed by atoms with E-state index in [-0.39, 0.29) is 5.57 Å². The molecule has 2 rings (SSSR count). The maximum absolute atomic E-state index is 13.2. The van der Waals surface area contributed by atoms with Crippen molar-refractivity contribution in [1.29, 1.82) is 0 Å². The summed E-state index contributed by atoms with van der Waals surface area (Å²) in [6, 6.07) is 10.9. The van der Waals surface area contributed by atoms with Crippen LogP contribution in [0.2, 0.25) is 0 Å². The van der Waals surface area contributed by atoms with Crippen LogP contribution in [0.4, 0.5) is 4.39 Å². The number of carbonyl (C=O) groups is 1. The molecule has 0 radical (unpaired) electrons. The molecular weight excluding hydrogens is 271 g/mol. The largest absolute Gasteiger partial charge is 0.496 e. The first-order valence-electron chi connectivity index (χ1n) is 6.37. The summed E-state index contributed by atoms with van der Waals surface area (Å²) >= 11 is 0. The number of halogens is 1. The molecule has 0 heterocycles.